The first kappa shape index (κ1) is 15.9. The Balaban J connectivity index is 1.82. The largest absolute Gasteiger partial charge is 0.454 e. The highest BCUT2D eigenvalue weighted by Gasteiger charge is 2.48. The van der Waals surface area contributed by atoms with E-state index in [1.54, 1.807) is 19.1 Å². The van der Waals surface area contributed by atoms with Gasteiger partial charge in [0.05, 0.1) is 0 Å². The van der Waals surface area contributed by atoms with Crippen molar-refractivity contribution >= 4 is 5.91 Å². The van der Waals surface area contributed by atoms with Crippen LogP contribution in [0.25, 0.3) is 0 Å². The molecule has 2 unspecified atom stereocenters. The Kier molecular flexibility index (Phi) is 3.87. The number of piperazine rings is 1. The third-order valence-electron chi connectivity index (χ3n) is 4.35. The summed E-state index contributed by atoms with van der Waals surface area (Å²) in [4.78, 5) is 15.1. The number of hydrogen-bond acceptors (Lipinski definition) is 4. The van der Waals surface area contributed by atoms with Gasteiger partial charge in [0.2, 0.25) is 6.79 Å². The Labute approximate surface area is 131 Å². The first-order valence-corrected chi connectivity index (χ1v) is 7.25. The highest BCUT2D eigenvalue weighted by Crippen LogP contribution is 2.34. The molecule has 1 aromatic rings. The number of carbonyl (C=O) groups excluding carboxylic acids is 1. The van der Waals surface area contributed by atoms with E-state index in [2.05, 4.69) is 0 Å². The molecule has 3 rings (SSSR count). The summed E-state index contributed by atoms with van der Waals surface area (Å²) in [5, 5.41) is 0. The van der Waals surface area contributed by atoms with Crippen LogP contribution in [0.5, 0.6) is 11.5 Å². The second kappa shape index (κ2) is 5.59. The van der Waals surface area contributed by atoms with Crippen LogP contribution in [-0.2, 0) is 0 Å². The van der Waals surface area contributed by atoms with Crippen LogP contribution in [0, 0.1) is 0 Å². The third kappa shape index (κ3) is 2.95. The maximum Gasteiger partial charge on any atom is 0.405 e. The van der Waals surface area contributed by atoms with E-state index in [4.69, 9.17) is 9.47 Å². The highest BCUT2D eigenvalue weighted by atomic mass is 19.4. The molecule has 1 aromatic carbocycles. The zero-order chi connectivity index (χ0) is 16.8. The number of nitrogens with zero attached hydrogens (tertiary/aromatic N) is 2. The Morgan fingerprint density at radius 2 is 1.91 bits per heavy atom. The molecule has 0 aromatic heterocycles. The molecule has 0 radical (unpaired) electrons. The first-order valence-electron chi connectivity index (χ1n) is 7.25. The summed E-state index contributed by atoms with van der Waals surface area (Å²) in [5.74, 6) is 0.532. The normalized spacial score (nSPS) is 24.8. The van der Waals surface area contributed by atoms with Crippen molar-refractivity contribution in [3.63, 3.8) is 0 Å². The molecule has 2 aliphatic rings. The SMILES string of the molecule is CC1CN(C(=O)c2ccc3c(c2)OCO3)CC(C(F)(F)F)N1C. The van der Waals surface area contributed by atoms with Gasteiger partial charge in [-0.25, -0.2) is 0 Å². The number of alkyl halides is 3. The minimum absolute atomic E-state index is 0.0780. The number of rotatable bonds is 1. The van der Waals surface area contributed by atoms with Crippen LogP contribution in [0.4, 0.5) is 13.2 Å². The lowest BCUT2D eigenvalue weighted by atomic mass is 10.1. The second-order valence-electron chi connectivity index (χ2n) is 5.85. The maximum atomic E-state index is 13.2. The van der Waals surface area contributed by atoms with Gasteiger partial charge < -0.3 is 14.4 Å². The number of benzene rings is 1. The number of ether oxygens (including phenoxy) is 2. The molecule has 1 fully saturated rings. The van der Waals surface area contributed by atoms with Crippen molar-refractivity contribution in [2.75, 3.05) is 26.9 Å². The van der Waals surface area contributed by atoms with Crippen LogP contribution in [0.3, 0.4) is 0 Å². The molecular weight excluding hydrogens is 313 g/mol. The van der Waals surface area contributed by atoms with E-state index >= 15 is 0 Å². The van der Waals surface area contributed by atoms with Gasteiger partial charge in [0.1, 0.15) is 6.04 Å². The summed E-state index contributed by atoms with van der Waals surface area (Å²) in [5.41, 5.74) is 0.298. The molecule has 0 bridgehead atoms. The van der Waals surface area contributed by atoms with Crippen molar-refractivity contribution in [2.45, 2.75) is 25.2 Å². The zero-order valence-electron chi connectivity index (χ0n) is 12.8. The lowest BCUT2D eigenvalue weighted by molar-refractivity contribution is -0.197. The standard InChI is InChI=1S/C15H17F3N2O3/c1-9-6-20(7-13(19(9)2)15(16,17)18)14(21)10-3-4-11-12(5-10)23-8-22-11/h3-5,9,13H,6-8H2,1-2H3. The van der Waals surface area contributed by atoms with E-state index in [1.807, 2.05) is 0 Å². The summed E-state index contributed by atoms with van der Waals surface area (Å²) in [6, 6.07) is 2.60. The van der Waals surface area contributed by atoms with Gasteiger partial charge in [0, 0.05) is 24.7 Å². The number of amides is 1. The topological polar surface area (TPSA) is 42.0 Å². The quantitative estimate of drug-likeness (QED) is 0.791. The maximum absolute atomic E-state index is 13.2. The molecule has 5 nitrogen and oxygen atoms in total. The van der Waals surface area contributed by atoms with Crippen molar-refractivity contribution in [1.29, 1.82) is 0 Å². The fourth-order valence-electron chi connectivity index (χ4n) is 2.88. The van der Waals surface area contributed by atoms with Crippen molar-refractivity contribution in [3.8, 4) is 11.5 Å². The summed E-state index contributed by atoms with van der Waals surface area (Å²) in [6.07, 6.45) is -4.38. The fraction of sp³-hybridized carbons (Fsp3) is 0.533. The fourth-order valence-corrected chi connectivity index (χ4v) is 2.88. The third-order valence-corrected chi connectivity index (χ3v) is 4.35. The van der Waals surface area contributed by atoms with Crippen LogP contribution in [0.15, 0.2) is 18.2 Å². The van der Waals surface area contributed by atoms with Crippen molar-refractivity contribution in [2.24, 2.45) is 0 Å². The van der Waals surface area contributed by atoms with E-state index in [0.29, 0.717) is 17.1 Å². The van der Waals surface area contributed by atoms with Gasteiger partial charge in [-0.15, -0.1) is 0 Å². The Morgan fingerprint density at radius 1 is 1.22 bits per heavy atom. The average molecular weight is 330 g/mol. The van der Waals surface area contributed by atoms with Crippen molar-refractivity contribution < 1.29 is 27.4 Å². The van der Waals surface area contributed by atoms with Crippen LogP contribution in [0.2, 0.25) is 0 Å². The molecule has 0 aliphatic carbocycles. The van der Waals surface area contributed by atoms with Crippen LogP contribution < -0.4 is 9.47 Å². The van der Waals surface area contributed by atoms with Crippen LogP contribution in [-0.4, -0.2) is 60.9 Å². The highest BCUT2D eigenvalue weighted by molar-refractivity contribution is 5.95. The molecule has 2 atom stereocenters. The second-order valence-corrected chi connectivity index (χ2v) is 5.85. The van der Waals surface area contributed by atoms with Gasteiger partial charge >= 0.3 is 6.18 Å². The molecule has 1 amide bonds. The van der Waals surface area contributed by atoms with Gasteiger partial charge in [0.15, 0.2) is 11.5 Å². The van der Waals surface area contributed by atoms with E-state index in [0.717, 1.165) is 0 Å². The number of hydrogen-bond donors (Lipinski definition) is 0. The zero-order valence-corrected chi connectivity index (χ0v) is 12.8. The molecule has 23 heavy (non-hydrogen) atoms. The minimum atomic E-state index is -4.38. The minimum Gasteiger partial charge on any atom is -0.454 e. The molecule has 1 saturated heterocycles. The monoisotopic (exact) mass is 330 g/mol. The van der Waals surface area contributed by atoms with E-state index in [-0.39, 0.29) is 25.9 Å². The Morgan fingerprint density at radius 3 is 2.61 bits per heavy atom. The Bertz CT molecular complexity index is 620. The molecule has 8 heteroatoms. The first-order chi connectivity index (χ1) is 10.8. The summed E-state index contributed by atoms with van der Waals surface area (Å²) < 4.78 is 49.9. The molecule has 0 spiro atoms. The molecule has 0 saturated carbocycles. The molecule has 126 valence electrons. The van der Waals surface area contributed by atoms with Gasteiger partial charge in [-0.1, -0.05) is 0 Å². The summed E-state index contributed by atoms with van der Waals surface area (Å²) in [6.45, 7) is 1.63. The van der Waals surface area contributed by atoms with E-state index < -0.39 is 18.1 Å². The summed E-state index contributed by atoms with van der Waals surface area (Å²) >= 11 is 0. The predicted molar refractivity (Wildman–Crippen MR) is 75.5 cm³/mol. The number of carbonyl (C=O) groups is 1. The lowest BCUT2D eigenvalue weighted by Crippen LogP contribution is -2.62. The number of likely N-dealkylation sites (N-methyl/N-ethyl adjacent to an activating group) is 1. The van der Waals surface area contributed by atoms with Gasteiger partial charge in [-0.2, -0.15) is 13.2 Å². The molecule has 2 aliphatic heterocycles. The van der Waals surface area contributed by atoms with Crippen molar-refractivity contribution in [3.05, 3.63) is 23.8 Å². The van der Waals surface area contributed by atoms with Crippen LogP contribution in [0.1, 0.15) is 17.3 Å². The van der Waals surface area contributed by atoms with Gasteiger partial charge in [0.25, 0.3) is 5.91 Å². The van der Waals surface area contributed by atoms with E-state index in [1.165, 1.54) is 22.9 Å². The van der Waals surface area contributed by atoms with Crippen LogP contribution >= 0.6 is 0 Å². The molecular formula is C15H17F3N2O3. The number of fused-ring (bicyclic) bond motifs is 1. The van der Waals surface area contributed by atoms with E-state index in [9.17, 15) is 18.0 Å². The molecule has 2 heterocycles. The van der Waals surface area contributed by atoms with Gasteiger partial charge in [-0.3, -0.25) is 9.69 Å². The average Bonchev–Trinajstić information content (AvgIpc) is 2.95. The summed E-state index contributed by atoms with van der Waals surface area (Å²) in [7, 11) is 1.44. The number of halogens is 3. The van der Waals surface area contributed by atoms with Crippen molar-refractivity contribution in [1.82, 2.24) is 9.80 Å². The van der Waals surface area contributed by atoms with Gasteiger partial charge in [-0.05, 0) is 32.2 Å². The smallest absolute Gasteiger partial charge is 0.405 e. The lowest BCUT2D eigenvalue weighted by Gasteiger charge is -2.44. The predicted octanol–water partition coefficient (Wildman–Crippen LogP) is 2.12. The molecule has 0 N–H and O–H groups in total. The Hall–Kier alpha value is -1.96.